The minimum absolute atomic E-state index is 0.481. The Kier molecular flexibility index (Phi) is 2.63. The summed E-state index contributed by atoms with van der Waals surface area (Å²) in [4.78, 5) is 0. The van der Waals surface area contributed by atoms with E-state index in [0.29, 0.717) is 0 Å². The molecule has 0 atom stereocenters. The first-order chi connectivity index (χ1) is 5.97. The zero-order valence-electron chi connectivity index (χ0n) is 6.64. The molecule has 1 aliphatic heterocycles. The second kappa shape index (κ2) is 3.91. The van der Waals surface area contributed by atoms with E-state index < -0.39 is 22.8 Å². The first-order valence-corrected chi connectivity index (χ1v) is 7.68. The molecule has 1 aromatic rings. The number of hydrogen-bond donors (Lipinski definition) is 0. The Morgan fingerprint density at radius 1 is 0.917 bits per heavy atom. The first kappa shape index (κ1) is 8.07. The molecule has 1 heteroatoms. The predicted molar refractivity (Wildman–Crippen MR) is 54.6 cm³/mol. The van der Waals surface area contributed by atoms with Crippen LogP contribution < -0.4 is 0 Å². The van der Waals surface area contributed by atoms with Gasteiger partial charge in [0.2, 0.25) is 0 Å². The van der Waals surface area contributed by atoms with E-state index in [9.17, 15) is 0 Å². The van der Waals surface area contributed by atoms with Crippen molar-refractivity contribution < 1.29 is 0 Å². The molecule has 0 aliphatic carbocycles. The van der Waals surface area contributed by atoms with Crippen LogP contribution in [-0.2, 0) is 0 Å². The zero-order chi connectivity index (χ0) is 8.23. The van der Waals surface area contributed by atoms with Crippen molar-refractivity contribution in [2.45, 2.75) is 0 Å². The topological polar surface area (TPSA) is 0 Å². The molecule has 0 N–H and O–H groups in total. The van der Waals surface area contributed by atoms with Crippen LogP contribution in [0.3, 0.4) is 0 Å². The quantitative estimate of drug-likeness (QED) is 0.680. The number of benzene rings is 1. The molecule has 1 aliphatic rings. The van der Waals surface area contributed by atoms with E-state index in [4.69, 9.17) is 0 Å². The molecule has 2 rings (SSSR count). The second-order valence-electron chi connectivity index (χ2n) is 2.58. The van der Waals surface area contributed by atoms with Crippen LogP contribution in [0.5, 0.6) is 0 Å². The van der Waals surface area contributed by atoms with Crippen LogP contribution in [-0.4, -0.2) is 26.0 Å². The molecule has 1 aromatic carbocycles. The van der Waals surface area contributed by atoms with Gasteiger partial charge < -0.3 is 0 Å². The Morgan fingerprint density at radius 2 is 1.75 bits per heavy atom. The summed E-state index contributed by atoms with van der Waals surface area (Å²) in [6.07, 6.45) is 6.56. The molecule has 1 heterocycles. The fraction of sp³-hybridized carbons (Fsp3) is 0. The first-order valence-electron chi connectivity index (χ1n) is 3.93. The van der Waals surface area contributed by atoms with E-state index >= 15 is 0 Å². The van der Waals surface area contributed by atoms with Gasteiger partial charge in [0.1, 0.15) is 0 Å². The van der Waals surface area contributed by atoms with Gasteiger partial charge in [0.05, 0.1) is 0 Å². The van der Waals surface area contributed by atoms with Crippen LogP contribution in [0.1, 0.15) is 5.56 Å². The van der Waals surface area contributed by atoms with Gasteiger partial charge >= 0.3 is 83.9 Å². The fourth-order valence-corrected chi connectivity index (χ4v) is 4.32. The van der Waals surface area contributed by atoms with Crippen molar-refractivity contribution in [2.75, 3.05) is 0 Å². The van der Waals surface area contributed by atoms with Crippen LogP contribution in [0.2, 0.25) is 0 Å². The third-order valence-electron chi connectivity index (χ3n) is 1.73. The molecule has 0 saturated carbocycles. The normalized spacial score (nSPS) is 14.5. The van der Waals surface area contributed by atoms with Gasteiger partial charge in [0.25, 0.3) is 0 Å². The van der Waals surface area contributed by atoms with Crippen LogP contribution in [0.25, 0.3) is 0 Å². The predicted octanol–water partition coefficient (Wildman–Crippen LogP) is 1.99. The Morgan fingerprint density at radius 3 is 2.42 bits per heavy atom. The molecule has 0 radical (unpaired) electrons. The van der Waals surface area contributed by atoms with E-state index in [0.717, 1.165) is 0 Å². The van der Waals surface area contributed by atoms with Crippen LogP contribution in [0.15, 0.2) is 52.3 Å². The van der Waals surface area contributed by atoms with E-state index in [1.165, 1.54) is 5.56 Å². The molecule has 58 valence electrons. The average molecular weight is 350 g/mol. The van der Waals surface area contributed by atoms with Crippen LogP contribution in [0.4, 0.5) is 0 Å². The van der Waals surface area contributed by atoms with Crippen LogP contribution >= 0.6 is 0 Å². The summed E-state index contributed by atoms with van der Waals surface area (Å²) in [6, 6.07) is 10.7. The summed E-state index contributed by atoms with van der Waals surface area (Å²) in [5.74, 6) is 0. The minimum atomic E-state index is -0.481. The van der Waals surface area contributed by atoms with E-state index in [1.54, 1.807) is 3.21 Å². The molecule has 0 fully saturated rings. The summed E-state index contributed by atoms with van der Waals surface area (Å²) in [7, 11) is 0. The zero-order valence-corrected chi connectivity index (χ0v) is 10.1. The summed E-state index contributed by atoms with van der Waals surface area (Å²) in [6.45, 7) is 0. The van der Waals surface area contributed by atoms with Gasteiger partial charge in [-0.25, -0.2) is 0 Å². The number of rotatable bonds is 1. The molecule has 12 heavy (non-hydrogen) atoms. The van der Waals surface area contributed by atoms with Crippen molar-refractivity contribution in [3.8, 4) is 0 Å². The Labute approximate surface area is 83.7 Å². The van der Waals surface area contributed by atoms with Crippen molar-refractivity contribution in [1.29, 1.82) is 0 Å². The number of hydrogen-bond acceptors (Lipinski definition) is 0. The van der Waals surface area contributed by atoms with Crippen LogP contribution in [0, 0.1) is 0 Å². The SMILES string of the molecule is C1=[CH][Bi]=[C](c2ccccc2)C=C1. The van der Waals surface area contributed by atoms with Crippen molar-refractivity contribution >= 4 is 26.0 Å². The average Bonchev–Trinajstić information content (AvgIpc) is 2.21. The molecule has 0 bridgehead atoms. The fourth-order valence-electron chi connectivity index (χ4n) is 1.14. The number of allylic oxidation sites excluding steroid dienone is 3. The van der Waals surface area contributed by atoms with E-state index in [2.05, 4.69) is 52.3 Å². The third kappa shape index (κ3) is 1.78. The van der Waals surface area contributed by atoms with Crippen molar-refractivity contribution in [3.63, 3.8) is 0 Å². The maximum absolute atomic E-state index is 2.36. The third-order valence-corrected chi connectivity index (χ3v) is 5.65. The van der Waals surface area contributed by atoms with Gasteiger partial charge in [-0.1, -0.05) is 0 Å². The van der Waals surface area contributed by atoms with Gasteiger partial charge in [-0.05, 0) is 0 Å². The molecular formula is C11H9Bi. The Hall–Kier alpha value is -0.547. The molecule has 0 aromatic heterocycles. The standard InChI is InChI=1S/C11H9.Bi/c1-2-3-5-8-11-9-6-4-7-10-11;/h1-7,9-10H;. The van der Waals surface area contributed by atoms with Gasteiger partial charge in [0, 0.05) is 0 Å². The van der Waals surface area contributed by atoms with Gasteiger partial charge in [-0.2, -0.15) is 0 Å². The maximum atomic E-state index is 2.36. The van der Waals surface area contributed by atoms with Crippen molar-refractivity contribution in [1.82, 2.24) is 0 Å². The molecule has 0 saturated heterocycles. The van der Waals surface area contributed by atoms with Gasteiger partial charge in [-0.3, -0.25) is 0 Å². The Bertz CT molecular complexity index is 345. The molecule has 0 amide bonds. The summed E-state index contributed by atoms with van der Waals surface area (Å²) in [5.41, 5.74) is 1.41. The van der Waals surface area contributed by atoms with Crippen molar-refractivity contribution in [3.05, 3.63) is 57.9 Å². The molecule has 0 spiro atoms. The Balaban J connectivity index is 2.38. The molecule has 0 nitrogen and oxygen atoms in total. The van der Waals surface area contributed by atoms with E-state index in [1.807, 2.05) is 0 Å². The van der Waals surface area contributed by atoms with Crippen molar-refractivity contribution in [2.24, 2.45) is 0 Å². The summed E-state index contributed by atoms with van der Waals surface area (Å²) in [5, 5.41) is 0. The monoisotopic (exact) mass is 350 g/mol. The molecule has 0 unspecified atom stereocenters. The van der Waals surface area contributed by atoms with E-state index in [-0.39, 0.29) is 0 Å². The van der Waals surface area contributed by atoms with Gasteiger partial charge in [-0.15, -0.1) is 0 Å². The van der Waals surface area contributed by atoms with Gasteiger partial charge in [0.15, 0.2) is 0 Å². The molecular weight excluding hydrogens is 341 g/mol. The summed E-state index contributed by atoms with van der Waals surface area (Å²) < 4.78 is 3.94. The second-order valence-corrected chi connectivity index (χ2v) is 6.62. The summed E-state index contributed by atoms with van der Waals surface area (Å²) >= 11 is -0.481.